The van der Waals surface area contributed by atoms with Crippen molar-refractivity contribution in [3.05, 3.63) is 41.2 Å². The third kappa shape index (κ3) is 5.49. The Labute approximate surface area is 140 Å². The summed E-state index contributed by atoms with van der Waals surface area (Å²) in [5.74, 6) is 0.703. The van der Waals surface area contributed by atoms with Crippen molar-refractivity contribution < 1.29 is 9.53 Å². The third-order valence-electron chi connectivity index (χ3n) is 3.32. The molecule has 23 heavy (non-hydrogen) atoms. The van der Waals surface area contributed by atoms with Gasteiger partial charge >= 0.3 is 0 Å². The first-order valence-corrected chi connectivity index (χ1v) is 7.78. The minimum absolute atomic E-state index is 0.00221. The topological polar surface area (TPSA) is 68.2 Å². The van der Waals surface area contributed by atoms with Crippen LogP contribution in [0.1, 0.15) is 12.0 Å². The fraction of sp³-hybridized carbons (Fsp3) is 0.375. The van der Waals surface area contributed by atoms with Crippen LogP contribution in [-0.4, -0.2) is 35.9 Å². The van der Waals surface area contributed by atoms with Crippen LogP contribution in [0.5, 0.6) is 5.75 Å². The predicted octanol–water partition coefficient (Wildman–Crippen LogP) is 2.24. The molecule has 0 aliphatic carbocycles. The second kappa shape index (κ2) is 8.43. The monoisotopic (exact) mass is 336 g/mol. The van der Waals surface area contributed by atoms with E-state index >= 15 is 0 Å². The number of carbonyl (C=O) groups is 1. The van der Waals surface area contributed by atoms with Crippen molar-refractivity contribution in [2.45, 2.75) is 12.8 Å². The van der Waals surface area contributed by atoms with Crippen molar-refractivity contribution in [1.82, 2.24) is 15.1 Å². The van der Waals surface area contributed by atoms with Crippen LogP contribution in [0.4, 0.5) is 5.69 Å². The Kier molecular flexibility index (Phi) is 6.29. The molecule has 1 aromatic carbocycles. The van der Waals surface area contributed by atoms with E-state index in [1.54, 1.807) is 36.2 Å². The number of hydrogen-bond acceptors (Lipinski definition) is 4. The van der Waals surface area contributed by atoms with Crippen LogP contribution in [0.25, 0.3) is 0 Å². The van der Waals surface area contributed by atoms with Crippen LogP contribution in [0, 0.1) is 0 Å². The second-order valence-corrected chi connectivity index (χ2v) is 5.58. The van der Waals surface area contributed by atoms with E-state index in [9.17, 15) is 4.79 Å². The molecule has 0 saturated heterocycles. The number of aryl methyl sites for hydroxylation is 1. The van der Waals surface area contributed by atoms with Gasteiger partial charge in [0.15, 0.2) is 0 Å². The summed E-state index contributed by atoms with van der Waals surface area (Å²) >= 11 is 5.96. The van der Waals surface area contributed by atoms with Crippen LogP contribution in [0.3, 0.4) is 0 Å². The fourth-order valence-corrected chi connectivity index (χ4v) is 2.34. The molecule has 0 unspecified atom stereocenters. The highest BCUT2D eigenvalue weighted by Gasteiger charge is 2.05. The normalized spacial score (nSPS) is 10.4. The van der Waals surface area contributed by atoms with E-state index in [2.05, 4.69) is 15.7 Å². The number of halogens is 1. The molecule has 0 aliphatic rings. The number of nitrogens with one attached hydrogen (secondary N) is 2. The molecule has 1 heterocycles. The Bertz CT molecular complexity index is 657. The van der Waals surface area contributed by atoms with E-state index in [0.717, 1.165) is 17.7 Å². The molecule has 0 radical (unpaired) electrons. The smallest absolute Gasteiger partial charge is 0.221 e. The number of rotatable bonds is 8. The highest BCUT2D eigenvalue weighted by Crippen LogP contribution is 2.27. The molecule has 2 aromatic rings. The van der Waals surface area contributed by atoms with Gasteiger partial charge in [-0.1, -0.05) is 11.6 Å². The van der Waals surface area contributed by atoms with Crippen molar-refractivity contribution in [2.75, 3.05) is 25.5 Å². The minimum atomic E-state index is 0.00221. The molecule has 0 fully saturated rings. The summed E-state index contributed by atoms with van der Waals surface area (Å²) in [6, 6.07) is 5.33. The maximum absolute atomic E-state index is 11.8. The average Bonchev–Trinajstić information content (AvgIpc) is 2.93. The van der Waals surface area contributed by atoms with Gasteiger partial charge in [-0.15, -0.1) is 0 Å². The van der Waals surface area contributed by atoms with E-state index in [1.807, 2.05) is 13.2 Å². The van der Waals surface area contributed by atoms with Crippen molar-refractivity contribution in [3.8, 4) is 5.75 Å². The van der Waals surface area contributed by atoms with Crippen LogP contribution in [0.15, 0.2) is 30.6 Å². The van der Waals surface area contributed by atoms with Gasteiger partial charge < -0.3 is 15.4 Å². The molecule has 1 amide bonds. The molecule has 6 nitrogen and oxygen atoms in total. The van der Waals surface area contributed by atoms with Crippen LogP contribution in [0.2, 0.25) is 5.02 Å². The minimum Gasteiger partial charge on any atom is -0.495 e. The van der Waals surface area contributed by atoms with E-state index in [0.29, 0.717) is 30.3 Å². The molecule has 7 heteroatoms. The van der Waals surface area contributed by atoms with Crippen molar-refractivity contribution >= 4 is 23.2 Å². The lowest BCUT2D eigenvalue weighted by atomic mass is 10.2. The number of ether oxygens (including phenoxy) is 1. The maximum atomic E-state index is 11.8. The zero-order valence-corrected chi connectivity index (χ0v) is 14.1. The molecule has 0 saturated carbocycles. The van der Waals surface area contributed by atoms with E-state index in [-0.39, 0.29) is 5.91 Å². The molecular weight excluding hydrogens is 316 g/mol. The number of carbonyl (C=O) groups excluding carboxylic acids is 1. The molecule has 0 atom stereocenters. The Morgan fingerprint density at radius 1 is 1.39 bits per heavy atom. The first-order valence-electron chi connectivity index (χ1n) is 7.40. The quantitative estimate of drug-likeness (QED) is 0.775. The number of methoxy groups -OCH3 is 1. The van der Waals surface area contributed by atoms with Crippen LogP contribution >= 0.6 is 11.6 Å². The first kappa shape index (κ1) is 17.1. The van der Waals surface area contributed by atoms with Gasteiger partial charge in [0, 0.05) is 37.8 Å². The number of benzene rings is 1. The maximum Gasteiger partial charge on any atom is 0.221 e. The largest absolute Gasteiger partial charge is 0.495 e. The lowest BCUT2D eigenvalue weighted by Crippen LogP contribution is -2.27. The highest BCUT2D eigenvalue weighted by atomic mass is 35.5. The van der Waals surface area contributed by atoms with Crippen LogP contribution in [-0.2, 0) is 18.3 Å². The lowest BCUT2D eigenvalue weighted by Gasteiger charge is -2.11. The van der Waals surface area contributed by atoms with Crippen molar-refractivity contribution in [3.63, 3.8) is 0 Å². The summed E-state index contributed by atoms with van der Waals surface area (Å²) in [6.45, 7) is 1.11. The summed E-state index contributed by atoms with van der Waals surface area (Å²) in [7, 11) is 3.47. The summed E-state index contributed by atoms with van der Waals surface area (Å²) in [6.07, 6.45) is 4.90. The first-order chi connectivity index (χ1) is 11.1. The summed E-state index contributed by atoms with van der Waals surface area (Å²) in [5, 5.41) is 10.8. The van der Waals surface area contributed by atoms with Gasteiger partial charge in [-0.05, 0) is 30.2 Å². The third-order valence-corrected chi connectivity index (χ3v) is 3.56. The van der Waals surface area contributed by atoms with Gasteiger partial charge in [-0.3, -0.25) is 9.48 Å². The number of hydrogen-bond donors (Lipinski definition) is 2. The van der Waals surface area contributed by atoms with E-state index < -0.39 is 0 Å². The van der Waals surface area contributed by atoms with Crippen molar-refractivity contribution in [2.24, 2.45) is 7.05 Å². The molecule has 0 bridgehead atoms. The van der Waals surface area contributed by atoms with Gasteiger partial charge in [0.25, 0.3) is 0 Å². The van der Waals surface area contributed by atoms with Gasteiger partial charge in [-0.2, -0.15) is 5.10 Å². The number of aromatic nitrogens is 2. The molecule has 1 aromatic heterocycles. The van der Waals surface area contributed by atoms with Gasteiger partial charge in [0.2, 0.25) is 5.91 Å². The zero-order chi connectivity index (χ0) is 16.7. The van der Waals surface area contributed by atoms with Gasteiger partial charge in [-0.25, -0.2) is 0 Å². The molecule has 0 spiro atoms. The molecule has 2 N–H and O–H groups in total. The summed E-state index contributed by atoms with van der Waals surface area (Å²) in [5.41, 5.74) is 1.89. The highest BCUT2D eigenvalue weighted by molar-refractivity contribution is 6.30. The molecule has 124 valence electrons. The zero-order valence-electron chi connectivity index (χ0n) is 13.3. The number of nitrogens with zero attached hydrogens (tertiary/aromatic N) is 2. The lowest BCUT2D eigenvalue weighted by molar-refractivity contribution is -0.120. The Hall–Kier alpha value is -2.21. The van der Waals surface area contributed by atoms with Crippen molar-refractivity contribution in [1.29, 1.82) is 0 Å². The number of anilines is 1. The summed E-state index contributed by atoms with van der Waals surface area (Å²) < 4.78 is 6.99. The predicted molar refractivity (Wildman–Crippen MR) is 91.0 cm³/mol. The summed E-state index contributed by atoms with van der Waals surface area (Å²) in [4.78, 5) is 11.8. The Morgan fingerprint density at radius 3 is 2.91 bits per heavy atom. The average molecular weight is 337 g/mol. The van der Waals surface area contributed by atoms with Gasteiger partial charge in [0.05, 0.1) is 19.0 Å². The molecule has 0 aliphatic heterocycles. The van der Waals surface area contributed by atoms with Gasteiger partial charge in [0.1, 0.15) is 5.75 Å². The van der Waals surface area contributed by atoms with Crippen LogP contribution < -0.4 is 15.4 Å². The Morgan fingerprint density at radius 2 is 2.22 bits per heavy atom. The number of amides is 1. The van der Waals surface area contributed by atoms with E-state index in [1.165, 1.54) is 0 Å². The second-order valence-electron chi connectivity index (χ2n) is 5.14. The Balaban J connectivity index is 1.69. The van der Waals surface area contributed by atoms with E-state index in [4.69, 9.17) is 16.3 Å². The molecule has 2 rings (SSSR count). The SMILES string of the molecule is COc1ccc(Cl)cc1NCCC(=O)NCCc1cnn(C)c1. The standard InChI is InChI=1S/C16H21ClN4O2/c1-21-11-12(10-20-21)5-7-19-16(22)6-8-18-14-9-13(17)3-4-15(14)23-2/h3-4,9-11,18H,5-8H2,1-2H3,(H,19,22). The molecular formula is C16H21ClN4O2. The fourth-order valence-electron chi connectivity index (χ4n) is 2.16.